The van der Waals surface area contributed by atoms with E-state index in [1.54, 1.807) is 24.3 Å². The maximum Gasteiger partial charge on any atom is 0.411 e. The SMILES string of the molecule is COC(=O)Nc1ccc(NC(=O)N2CCC(c3nccc(N4CCOCC4)n3)CC2)cc1. The molecule has 1 aromatic carbocycles. The average molecular weight is 441 g/mol. The predicted molar refractivity (Wildman–Crippen MR) is 120 cm³/mol. The van der Waals surface area contributed by atoms with Gasteiger partial charge in [-0.25, -0.2) is 19.6 Å². The Morgan fingerprint density at radius 1 is 1.00 bits per heavy atom. The number of morpholine rings is 1. The van der Waals surface area contributed by atoms with Crippen LogP contribution >= 0.6 is 0 Å². The second-order valence-corrected chi connectivity index (χ2v) is 7.76. The fraction of sp³-hybridized carbons (Fsp3) is 0.455. The van der Waals surface area contributed by atoms with E-state index in [1.807, 2.05) is 17.2 Å². The van der Waals surface area contributed by atoms with Crippen molar-refractivity contribution in [2.45, 2.75) is 18.8 Å². The number of amides is 3. The summed E-state index contributed by atoms with van der Waals surface area (Å²) in [5.41, 5.74) is 1.25. The predicted octanol–water partition coefficient (Wildman–Crippen LogP) is 2.90. The molecule has 10 heteroatoms. The average Bonchev–Trinajstić information content (AvgIpc) is 2.86. The lowest BCUT2D eigenvalue weighted by Gasteiger charge is -2.32. The molecule has 3 amide bonds. The number of likely N-dealkylation sites (tertiary alicyclic amines) is 1. The molecule has 1 aromatic heterocycles. The van der Waals surface area contributed by atoms with Gasteiger partial charge in [0.2, 0.25) is 0 Å². The molecule has 0 atom stereocenters. The van der Waals surface area contributed by atoms with E-state index in [9.17, 15) is 9.59 Å². The molecule has 2 N–H and O–H groups in total. The number of rotatable bonds is 4. The van der Waals surface area contributed by atoms with Gasteiger partial charge in [0, 0.05) is 49.7 Å². The Kier molecular flexibility index (Phi) is 7.00. The number of ether oxygens (including phenoxy) is 2. The van der Waals surface area contributed by atoms with Gasteiger partial charge < -0.3 is 24.6 Å². The van der Waals surface area contributed by atoms with Gasteiger partial charge in [-0.2, -0.15) is 0 Å². The van der Waals surface area contributed by atoms with E-state index in [4.69, 9.17) is 9.72 Å². The van der Waals surface area contributed by atoms with Crippen LogP contribution in [0.15, 0.2) is 36.5 Å². The molecule has 2 fully saturated rings. The summed E-state index contributed by atoms with van der Waals surface area (Å²) >= 11 is 0. The Bertz CT molecular complexity index is 924. The Labute approximate surface area is 186 Å². The number of anilines is 3. The first-order valence-electron chi connectivity index (χ1n) is 10.8. The molecule has 10 nitrogen and oxygen atoms in total. The highest BCUT2D eigenvalue weighted by Gasteiger charge is 2.26. The number of hydrogen-bond acceptors (Lipinski definition) is 7. The number of carbonyl (C=O) groups is 2. The first-order valence-corrected chi connectivity index (χ1v) is 10.8. The third-order valence-electron chi connectivity index (χ3n) is 5.71. The second kappa shape index (κ2) is 10.3. The van der Waals surface area contributed by atoms with Crippen molar-refractivity contribution in [3.63, 3.8) is 0 Å². The van der Waals surface area contributed by atoms with E-state index in [0.29, 0.717) is 24.5 Å². The van der Waals surface area contributed by atoms with Crippen LogP contribution in [0.4, 0.5) is 26.8 Å². The van der Waals surface area contributed by atoms with Crippen LogP contribution in [0.1, 0.15) is 24.6 Å². The van der Waals surface area contributed by atoms with E-state index in [-0.39, 0.29) is 11.9 Å². The lowest BCUT2D eigenvalue weighted by atomic mass is 9.96. The van der Waals surface area contributed by atoms with Crippen LogP contribution in [-0.4, -0.2) is 73.5 Å². The van der Waals surface area contributed by atoms with Crippen molar-refractivity contribution in [2.75, 3.05) is 62.0 Å². The molecule has 2 aliphatic rings. The van der Waals surface area contributed by atoms with Gasteiger partial charge in [0.25, 0.3) is 0 Å². The molecular weight excluding hydrogens is 412 g/mol. The maximum absolute atomic E-state index is 12.7. The summed E-state index contributed by atoms with van der Waals surface area (Å²) in [5.74, 6) is 2.04. The van der Waals surface area contributed by atoms with Crippen LogP contribution in [0.25, 0.3) is 0 Å². The Hall–Kier alpha value is -3.40. The molecule has 0 spiro atoms. The van der Waals surface area contributed by atoms with Crippen molar-refractivity contribution in [2.24, 2.45) is 0 Å². The van der Waals surface area contributed by atoms with Gasteiger partial charge in [-0.15, -0.1) is 0 Å². The molecule has 0 radical (unpaired) electrons. The maximum atomic E-state index is 12.7. The molecule has 0 bridgehead atoms. The third kappa shape index (κ3) is 5.44. The van der Waals surface area contributed by atoms with Crippen molar-refractivity contribution < 1.29 is 19.1 Å². The molecule has 0 saturated carbocycles. The summed E-state index contributed by atoms with van der Waals surface area (Å²) in [6.07, 6.45) is 2.93. The normalized spacial score (nSPS) is 17.0. The fourth-order valence-electron chi connectivity index (χ4n) is 3.88. The number of hydrogen-bond donors (Lipinski definition) is 2. The van der Waals surface area contributed by atoms with E-state index in [0.717, 1.165) is 50.8 Å². The number of carbonyl (C=O) groups excluding carboxylic acids is 2. The number of aromatic nitrogens is 2. The van der Waals surface area contributed by atoms with Crippen molar-refractivity contribution >= 4 is 29.3 Å². The number of methoxy groups -OCH3 is 1. The van der Waals surface area contributed by atoms with Crippen molar-refractivity contribution in [1.82, 2.24) is 14.9 Å². The molecule has 170 valence electrons. The van der Waals surface area contributed by atoms with Crippen molar-refractivity contribution in [3.8, 4) is 0 Å². The molecular formula is C22H28N6O4. The van der Waals surface area contributed by atoms with Crippen LogP contribution in [-0.2, 0) is 9.47 Å². The number of nitrogens with zero attached hydrogens (tertiary/aromatic N) is 4. The monoisotopic (exact) mass is 440 g/mol. The molecule has 32 heavy (non-hydrogen) atoms. The number of nitrogens with one attached hydrogen (secondary N) is 2. The zero-order valence-corrected chi connectivity index (χ0v) is 18.1. The first kappa shape index (κ1) is 21.8. The van der Waals surface area contributed by atoms with Crippen molar-refractivity contribution in [3.05, 3.63) is 42.4 Å². The highest BCUT2D eigenvalue weighted by Crippen LogP contribution is 2.27. The quantitative estimate of drug-likeness (QED) is 0.752. The zero-order valence-electron chi connectivity index (χ0n) is 18.1. The van der Waals surface area contributed by atoms with Gasteiger partial charge in [0.1, 0.15) is 11.6 Å². The van der Waals surface area contributed by atoms with Crippen LogP contribution in [0, 0.1) is 0 Å². The summed E-state index contributed by atoms with van der Waals surface area (Å²) < 4.78 is 9.98. The van der Waals surface area contributed by atoms with Gasteiger partial charge >= 0.3 is 12.1 Å². The largest absolute Gasteiger partial charge is 0.453 e. The summed E-state index contributed by atoms with van der Waals surface area (Å²) in [6.45, 7) is 4.41. The van der Waals surface area contributed by atoms with Gasteiger partial charge in [-0.1, -0.05) is 0 Å². The van der Waals surface area contributed by atoms with E-state index in [2.05, 4.69) is 25.3 Å². The zero-order chi connectivity index (χ0) is 22.3. The highest BCUT2D eigenvalue weighted by molar-refractivity contribution is 5.90. The minimum Gasteiger partial charge on any atom is -0.453 e. The van der Waals surface area contributed by atoms with Crippen LogP contribution in [0.5, 0.6) is 0 Å². The Balaban J connectivity index is 1.29. The van der Waals surface area contributed by atoms with Crippen LogP contribution in [0.2, 0.25) is 0 Å². The lowest BCUT2D eigenvalue weighted by molar-refractivity contribution is 0.122. The summed E-state index contributed by atoms with van der Waals surface area (Å²) in [6, 6.07) is 8.69. The van der Waals surface area contributed by atoms with Gasteiger partial charge in [0.05, 0.1) is 20.3 Å². The smallest absolute Gasteiger partial charge is 0.411 e. The van der Waals surface area contributed by atoms with Crippen LogP contribution < -0.4 is 15.5 Å². The van der Waals surface area contributed by atoms with Gasteiger partial charge in [0.15, 0.2) is 0 Å². The number of piperidine rings is 1. The molecule has 0 aliphatic carbocycles. The summed E-state index contributed by atoms with van der Waals surface area (Å²) in [4.78, 5) is 37.2. The van der Waals surface area contributed by atoms with Gasteiger partial charge in [-0.05, 0) is 43.2 Å². The second-order valence-electron chi connectivity index (χ2n) is 7.76. The lowest BCUT2D eigenvalue weighted by Crippen LogP contribution is -2.41. The van der Waals surface area contributed by atoms with E-state index in [1.165, 1.54) is 7.11 Å². The summed E-state index contributed by atoms with van der Waals surface area (Å²) in [5, 5.41) is 5.48. The molecule has 2 saturated heterocycles. The molecule has 2 aromatic rings. The van der Waals surface area contributed by atoms with Crippen molar-refractivity contribution in [1.29, 1.82) is 0 Å². The minimum absolute atomic E-state index is 0.139. The minimum atomic E-state index is -0.538. The van der Waals surface area contributed by atoms with E-state index < -0.39 is 6.09 Å². The molecule has 3 heterocycles. The fourth-order valence-corrected chi connectivity index (χ4v) is 3.88. The van der Waals surface area contributed by atoms with Gasteiger partial charge in [-0.3, -0.25) is 5.32 Å². The Morgan fingerprint density at radius 3 is 2.31 bits per heavy atom. The van der Waals surface area contributed by atoms with E-state index >= 15 is 0 Å². The standard InChI is InChI=1S/C22H28N6O4/c1-31-22(30)25-18-4-2-17(3-5-18)24-21(29)28-10-7-16(8-11-28)20-23-9-6-19(26-20)27-12-14-32-15-13-27/h2-6,9,16H,7-8,10-15H2,1H3,(H,24,29)(H,25,30). The summed E-state index contributed by atoms with van der Waals surface area (Å²) in [7, 11) is 1.31. The Morgan fingerprint density at radius 2 is 1.66 bits per heavy atom. The highest BCUT2D eigenvalue weighted by atomic mass is 16.5. The van der Waals surface area contributed by atoms with Crippen LogP contribution in [0.3, 0.4) is 0 Å². The topological polar surface area (TPSA) is 109 Å². The third-order valence-corrected chi connectivity index (χ3v) is 5.71. The molecule has 0 unspecified atom stereocenters. The first-order chi connectivity index (χ1) is 15.6. The number of urea groups is 1. The number of benzene rings is 1. The molecule has 4 rings (SSSR count). The molecule has 2 aliphatic heterocycles.